The second-order valence-electron chi connectivity index (χ2n) is 9.81. The molecule has 35 heavy (non-hydrogen) atoms. The molecule has 0 aromatic heterocycles. The molecule has 188 valence electrons. The Kier molecular flexibility index (Phi) is 11.8. The first-order valence-electron chi connectivity index (χ1n) is 13.8. The Hall–Kier alpha value is -2.65. The van der Waals surface area contributed by atoms with E-state index < -0.39 is 0 Å². The van der Waals surface area contributed by atoms with Gasteiger partial charge in [-0.3, -0.25) is 4.79 Å². The molecule has 0 bridgehead atoms. The predicted octanol–water partition coefficient (Wildman–Crippen LogP) is 8.34. The molecule has 0 radical (unpaired) electrons. The van der Waals surface area contributed by atoms with Crippen molar-refractivity contribution in [3.8, 4) is 0 Å². The monoisotopic (exact) mass is 472 g/mol. The van der Waals surface area contributed by atoms with E-state index in [0.717, 1.165) is 25.1 Å². The summed E-state index contributed by atoms with van der Waals surface area (Å²) in [5, 5.41) is 9.27. The molecule has 3 aromatic rings. The van der Waals surface area contributed by atoms with Crippen molar-refractivity contribution >= 4 is 16.7 Å². The highest BCUT2D eigenvalue weighted by molar-refractivity contribution is 5.94. The smallest absolute Gasteiger partial charge is 0.251 e. The molecule has 0 saturated heterocycles. The number of fused-ring (bicyclic) bond motifs is 1. The van der Waals surface area contributed by atoms with Crippen LogP contribution in [-0.2, 0) is 6.54 Å². The summed E-state index contributed by atoms with van der Waals surface area (Å²) in [5.41, 5.74) is 3.23. The summed E-state index contributed by atoms with van der Waals surface area (Å²) < 4.78 is 0. The Bertz CT molecular complexity index is 1010. The highest BCUT2D eigenvalue weighted by Crippen LogP contribution is 2.24. The van der Waals surface area contributed by atoms with Crippen LogP contribution in [-0.4, -0.2) is 12.5 Å². The quantitative estimate of drug-likeness (QED) is 0.206. The third kappa shape index (κ3) is 9.14. The van der Waals surface area contributed by atoms with Crippen LogP contribution in [0.5, 0.6) is 0 Å². The summed E-state index contributed by atoms with van der Waals surface area (Å²) in [6, 6.07) is 23.2. The maximum atomic E-state index is 12.5. The minimum absolute atomic E-state index is 0.0320. The lowest BCUT2D eigenvalue weighted by Crippen LogP contribution is -2.24. The number of carbonyl (C=O) groups is 1. The molecule has 0 aliphatic carbocycles. The zero-order chi connectivity index (χ0) is 24.7. The number of rotatable bonds is 16. The second kappa shape index (κ2) is 15.4. The number of unbranched alkanes of at least 4 members (excludes halogenated alkanes) is 9. The minimum Gasteiger partial charge on any atom is -0.352 e. The van der Waals surface area contributed by atoms with Crippen molar-refractivity contribution < 1.29 is 4.79 Å². The van der Waals surface area contributed by atoms with Gasteiger partial charge in [-0.1, -0.05) is 119 Å². The van der Waals surface area contributed by atoms with Gasteiger partial charge < -0.3 is 10.6 Å². The maximum absolute atomic E-state index is 12.5. The van der Waals surface area contributed by atoms with E-state index >= 15 is 0 Å². The van der Waals surface area contributed by atoms with E-state index in [4.69, 9.17) is 0 Å². The molecule has 0 fully saturated rings. The van der Waals surface area contributed by atoms with Gasteiger partial charge in [-0.25, -0.2) is 0 Å². The van der Waals surface area contributed by atoms with Crippen molar-refractivity contribution in [3.05, 3.63) is 83.4 Å². The number of hydrogen-bond acceptors (Lipinski definition) is 2. The minimum atomic E-state index is 0.0320. The fourth-order valence-electron chi connectivity index (χ4n) is 4.70. The molecule has 2 N–H and O–H groups in total. The van der Waals surface area contributed by atoms with Gasteiger partial charge in [-0.2, -0.15) is 0 Å². The van der Waals surface area contributed by atoms with Crippen molar-refractivity contribution in [1.29, 1.82) is 0 Å². The van der Waals surface area contributed by atoms with Crippen LogP contribution in [0.1, 0.15) is 106 Å². The van der Waals surface area contributed by atoms with Crippen molar-refractivity contribution in [2.75, 3.05) is 6.54 Å². The van der Waals surface area contributed by atoms with Gasteiger partial charge in [-0.15, -0.1) is 0 Å². The first-order chi connectivity index (χ1) is 17.2. The number of hydrogen-bond donors (Lipinski definition) is 2. The standard InChI is InChI=1S/C32H44N2O/c1-3-4-5-6-7-8-9-10-11-14-24-33-32(35)29-22-20-27(21-23-29)25-34-26(2)30-19-15-17-28-16-12-13-18-31(28)30/h12-13,15-23,26,34H,3-11,14,24-25H2,1-2H3,(H,33,35). The van der Waals surface area contributed by atoms with E-state index in [0.29, 0.717) is 0 Å². The highest BCUT2D eigenvalue weighted by Gasteiger charge is 2.09. The molecule has 1 atom stereocenters. The van der Waals surface area contributed by atoms with Crippen LogP contribution in [0.2, 0.25) is 0 Å². The van der Waals surface area contributed by atoms with Gasteiger partial charge in [0.2, 0.25) is 0 Å². The van der Waals surface area contributed by atoms with Crippen LogP contribution in [0.3, 0.4) is 0 Å². The molecule has 1 amide bonds. The van der Waals surface area contributed by atoms with E-state index in [-0.39, 0.29) is 11.9 Å². The third-order valence-corrected chi connectivity index (χ3v) is 6.93. The summed E-state index contributed by atoms with van der Waals surface area (Å²) in [7, 11) is 0. The van der Waals surface area contributed by atoms with Gasteiger partial charge in [0, 0.05) is 24.7 Å². The summed E-state index contributed by atoms with van der Waals surface area (Å²) in [5.74, 6) is 0.0320. The molecular weight excluding hydrogens is 428 g/mol. The zero-order valence-electron chi connectivity index (χ0n) is 21.8. The first-order valence-corrected chi connectivity index (χ1v) is 13.8. The first kappa shape index (κ1) is 26.9. The van der Waals surface area contributed by atoms with Crippen molar-refractivity contribution in [2.45, 2.75) is 90.6 Å². The zero-order valence-corrected chi connectivity index (χ0v) is 21.8. The third-order valence-electron chi connectivity index (χ3n) is 6.93. The van der Waals surface area contributed by atoms with Crippen molar-refractivity contribution in [1.82, 2.24) is 10.6 Å². The average Bonchev–Trinajstić information content (AvgIpc) is 2.90. The molecule has 0 spiro atoms. The molecular formula is C32H44N2O. The van der Waals surface area contributed by atoms with E-state index in [2.05, 4.69) is 79.1 Å². The fraction of sp³-hybridized carbons (Fsp3) is 0.469. The van der Waals surface area contributed by atoms with E-state index in [1.807, 2.05) is 12.1 Å². The van der Waals surface area contributed by atoms with Gasteiger partial charge in [0.05, 0.1) is 0 Å². The van der Waals surface area contributed by atoms with Crippen LogP contribution >= 0.6 is 0 Å². The van der Waals surface area contributed by atoms with Crippen molar-refractivity contribution in [2.24, 2.45) is 0 Å². The average molecular weight is 473 g/mol. The Balaban J connectivity index is 1.32. The topological polar surface area (TPSA) is 41.1 Å². The van der Waals surface area contributed by atoms with Crippen LogP contribution in [0.25, 0.3) is 10.8 Å². The Labute approximate surface area is 212 Å². The molecule has 3 nitrogen and oxygen atoms in total. The second-order valence-corrected chi connectivity index (χ2v) is 9.81. The van der Waals surface area contributed by atoms with E-state index in [1.54, 1.807) is 0 Å². The number of carbonyl (C=O) groups excluding carboxylic acids is 1. The fourth-order valence-corrected chi connectivity index (χ4v) is 4.70. The van der Waals surface area contributed by atoms with Gasteiger partial charge in [0.25, 0.3) is 5.91 Å². The summed E-state index contributed by atoms with van der Waals surface area (Å²) in [6.07, 6.45) is 13.1. The SMILES string of the molecule is CCCCCCCCCCCCNC(=O)c1ccc(CNC(C)c2cccc3ccccc23)cc1. The van der Waals surface area contributed by atoms with Crippen LogP contribution in [0.15, 0.2) is 66.7 Å². The lowest BCUT2D eigenvalue weighted by molar-refractivity contribution is 0.0953. The Morgan fingerprint density at radius 2 is 1.37 bits per heavy atom. The molecule has 0 heterocycles. The van der Waals surface area contributed by atoms with Gasteiger partial charge >= 0.3 is 0 Å². The van der Waals surface area contributed by atoms with Crippen LogP contribution in [0, 0.1) is 0 Å². The van der Waals surface area contributed by atoms with E-state index in [1.165, 1.54) is 79.7 Å². The molecule has 3 rings (SSSR count). The van der Waals surface area contributed by atoms with Gasteiger partial charge in [0.15, 0.2) is 0 Å². The summed E-state index contributed by atoms with van der Waals surface area (Å²) in [6.45, 7) is 6.00. The van der Waals surface area contributed by atoms with Crippen molar-refractivity contribution in [3.63, 3.8) is 0 Å². The van der Waals surface area contributed by atoms with Crippen LogP contribution < -0.4 is 10.6 Å². The molecule has 1 unspecified atom stereocenters. The maximum Gasteiger partial charge on any atom is 0.251 e. The summed E-state index contributed by atoms with van der Waals surface area (Å²) >= 11 is 0. The molecule has 0 saturated carbocycles. The number of benzene rings is 3. The summed E-state index contributed by atoms with van der Waals surface area (Å²) in [4.78, 5) is 12.5. The predicted molar refractivity (Wildman–Crippen MR) is 150 cm³/mol. The number of nitrogens with one attached hydrogen (secondary N) is 2. The molecule has 3 aromatic carbocycles. The highest BCUT2D eigenvalue weighted by atomic mass is 16.1. The Morgan fingerprint density at radius 1 is 0.743 bits per heavy atom. The molecule has 0 aliphatic rings. The molecule has 0 aliphatic heterocycles. The molecule has 3 heteroatoms. The number of amides is 1. The normalized spacial score (nSPS) is 12.1. The lowest BCUT2D eigenvalue weighted by atomic mass is 9.99. The van der Waals surface area contributed by atoms with Gasteiger partial charge in [-0.05, 0) is 47.4 Å². The largest absolute Gasteiger partial charge is 0.352 e. The van der Waals surface area contributed by atoms with Gasteiger partial charge in [0.1, 0.15) is 0 Å². The lowest BCUT2D eigenvalue weighted by Gasteiger charge is -2.17. The van der Waals surface area contributed by atoms with Crippen LogP contribution in [0.4, 0.5) is 0 Å². The Morgan fingerprint density at radius 3 is 2.09 bits per heavy atom. The van der Waals surface area contributed by atoms with E-state index in [9.17, 15) is 4.79 Å².